The van der Waals surface area contributed by atoms with Gasteiger partial charge in [-0.1, -0.05) is 0 Å². The van der Waals surface area contributed by atoms with Gasteiger partial charge in [0, 0.05) is 25.8 Å². The van der Waals surface area contributed by atoms with Crippen LogP contribution in [0, 0.1) is 11.3 Å². The van der Waals surface area contributed by atoms with Crippen LogP contribution in [-0.4, -0.2) is 67.9 Å². The molecule has 0 radical (unpaired) electrons. The van der Waals surface area contributed by atoms with Crippen LogP contribution in [0.15, 0.2) is 18.3 Å². The number of anilines is 1. The van der Waals surface area contributed by atoms with Gasteiger partial charge in [-0.05, 0) is 12.1 Å². The van der Waals surface area contributed by atoms with Crippen molar-refractivity contribution in [1.82, 2.24) is 9.88 Å². The number of nitrogens with zero attached hydrogens (tertiary/aromatic N) is 4. The lowest BCUT2D eigenvalue weighted by atomic mass is 10.2. The van der Waals surface area contributed by atoms with Gasteiger partial charge in [0.1, 0.15) is 11.9 Å². The van der Waals surface area contributed by atoms with Gasteiger partial charge in [-0.3, -0.25) is 4.79 Å². The second-order valence-electron chi connectivity index (χ2n) is 5.26. The Morgan fingerprint density at radius 2 is 2.09 bits per heavy atom. The standard InChI is InChI=1S/C15H18N4O3/c16-9-12-1-2-14(17-10-12)19-5-8-22-13(11-19)15(20)18-3-6-21-7-4-18/h1-2,10,13H,3-8,11H2. The molecule has 7 heteroatoms. The molecule has 1 aromatic heterocycles. The first-order valence-corrected chi connectivity index (χ1v) is 7.37. The summed E-state index contributed by atoms with van der Waals surface area (Å²) in [5.41, 5.74) is 0.526. The van der Waals surface area contributed by atoms with E-state index < -0.39 is 6.10 Å². The number of morpholine rings is 2. The Labute approximate surface area is 129 Å². The molecule has 2 saturated heterocycles. The smallest absolute Gasteiger partial charge is 0.253 e. The number of aromatic nitrogens is 1. The Morgan fingerprint density at radius 1 is 1.27 bits per heavy atom. The van der Waals surface area contributed by atoms with E-state index in [1.807, 2.05) is 11.0 Å². The van der Waals surface area contributed by atoms with Crippen LogP contribution in [0.1, 0.15) is 5.56 Å². The number of amides is 1. The second kappa shape index (κ2) is 6.73. The minimum absolute atomic E-state index is 0.0154. The summed E-state index contributed by atoms with van der Waals surface area (Å²) in [6.45, 7) is 4.06. The van der Waals surface area contributed by atoms with Crippen molar-refractivity contribution >= 4 is 11.7 Å². The minimum atomic E-state index is -0.468. The zero-order valence-corrected chi connectivity index (χ0v) is 12.3. The van der Waals surface area contributed by atoms with Crippen molar-refractivity contribution in [2.75, 3.05) is 50.9 Å². The third-order valence-corrected chi connectivity index (χ3v) is 3.87. The quantitative estimate of drug-likeness (QED) is 0.766. The fourth-order valence-corrected chi connectivity index (χ4v) is 2.63. The van der Waals surface area contributed by atoms with E-state index in [1.54, 1.807) is 23.2 Å². The van der Waals surface area contributed by atoms with Gasteiger partial charge in [0.25, 0.3) is 5.91 Å². The molecule has 1 unspecified atom stereocenters. The lowest BCUT2D eigenvalue weighted by Gasteiger charge is -2.36. The SMILES string of the molecule is N#Cc1ccc(N2CCOC(C(=O)N3CCOCC3)C2)nc1. The van der Waals surface area contributed by atoms with Gasteiger partial charge in [0.05, 0.1) is 31.9 Å². The highest BCUT2D eigenvalue weighted by Gasteiger charge is 2.31. The number of carbonyl (C=O) groups excluding carboxylic acids is 1. The van der Waals surface area contributed by atoms with Crippen LogP contribution in [0.2, 0.25) is 0 Å². The molecular formula is C15H18N4O3. The zero-order chi connectivity index (χ0) is 15.4. The first-order chi connectivity index (χ1) is 10.8. The topological polar surface area (TPSA) is 78.7 Å². The summed E-state index contributed by atoms with van der Waals surface area (Å²) < 4.78 is 10.9. The lowest BCUT2D eigenvalue weighted by molar-refractivity contribution is -0.148. The monoisotopic (exact) mass is 302 g/mol. The van der Waals surface area contributed by atoms with E-state index >= 15 is 0 Å². The third kappa shape index (κ3) is 3.18. The van der Waals surface area contributed by atoms with E-state index in [0.29, 0.717) is 51.6 Å². The maximum absolute atomic E-state index is 12.5. The van der Waals surface area contributed by atoms with Crippen LogP contribution in [0.5, 0.6) is 0 Å². The molecule has 2 aliphatic rings. The number of carbonyl (C=O) groups is 1. The molecule has 0 aromatic carbocycles. The number of rotatable bonds is 2. The average Bonchev–Trinajstić information content (AvgIpc) is 2.62. The van der Waals surface area contributed by atoms with Crippen LogP contribution >= 0.6 is 0 Å². The van der Waals surface area contributed by atoms with E-state index in [1.165, 1.54) is 0 Å². The van der Waals surface area contributed by atoms with Crippen molar-refractivity contribution in [3.05, 3.63) is 23.9 Å². The first kappa shape index (κ1) is 14.8. The third-order valence-electron chi connectivity index (χ3n) is 3.87. The summed E-state index contributed by atoms with van der Waals surface area (Å²) in [5, 5.41) is 8.81. The fourth-order valence-electron chi connectivity index (χ4n) is 2.63. The van der Waals surface area contributed by atoms with Crippen molar-refractivity contribution in [3.8, 4) is 6.07 Å². The molecule has 2 aliphatic heterocycles. The molecule has 7 nitrogen and oxygen atoms in total. The van der Waals surface area contributed by atoms with Gasteiger partial charge in [-0.15, -0.1) is 0 Å². The predicted molar refractivity (Wildman–Crippen MR) is 78.3 cm³/mol. The molecule has 0 saturated carbocycles. The second-order valence-corrected chi connectivity index (χ2v) is 5.26. The first-order valence-electron chi connectivity index (χ1n) is 7.37. The van der Waals surface area contributed by atoms with Gasteiger partial charge >= 0.3 is 0 Å². The van der Waals surface area contributed by atoms with Gasteiger partial charge in [-0.25, -0.2) is 4.98 Å². The molecule has 3 rings (SSSR count). The summed E-state index contributed by atoms with van der Waals surface area (Å²) in [6.07, 6.45) is 1.08. The van der Waals surface area contributed by atoms with Crippen LogP contribution in [0.3, 0.4) is 0 Å². The largest absolute Gasteiger partial charge is 0.378 e. The zero-order valence-electron chi connectivity index (χ0n) is 12.3. The molecule has 1 aromatic rings. The van der Waals surface area contributed by atoms with Gasteiger partial charge in [0.2, 0.25) is 0 Å². The van der Waals surface area contributed by atoms with Crippen LogP contribution in [-0.2, 0) is 14.3 Å². The van der Waals surface area contributed by atoms with Gasteiger partial charge < -0.3 is 19.3 Å². The van der Waals surface area contributed by atoms with Crippen LogP contribution in [0.25, 0.3) is 0 Å². The summed E-state index contributed by atoms with van der Waals surface area (Å²) >= 11 is 0. The van der Waals surface area contributed by atoms with E-state index in [2.05, 4.69) is 4.98 Å². The van der Waals surface area contributed by atoms with Crippen molar-refractivity contribution in [2.45, 2.75) is 6.10 Å². The summed E-state index contributed by atoms with van der Waals surface area (Å²) in [7, 11) is 0. The molecule has 22 heavy (non-hydrogen) atoms. The van der Waals surface area contributed by atoms with E-state index in [0.717, 1.165) is 5.82 Å². The number of pyridine rings is 1. The maximum atomic E-state index is 12.5. The Balaban J connectivity index is 1.65. The highest BCUT2D eigenvalue weighted by molar-refractivity contribution is 5.82. The van der Waals surface area contributed by atoms with Gasteiger partial charge in [-0.2, -0.15) is 5.26 Å². The fraction of sp³-hybridized carbons (Fsp3) is 0.533. The molecule has 1 atom stereocenters. The number of ether oxygens (including phenoxy) is 2. The van der Waals surface area contributed by atoms with E-state index in [-0.39, 0.29) is 5.91 Å². The van der Waals surface area contributed by atoms with Crippen molar-refractivity contribution in [3.63, 3.8) is 0 Å². The molecule has 0 spiro atoms. The average molecular weight is 302 g/mol. The highest BCUT2D eigenvalue weighted by atomic mass is 16.5. The Morgan fingerprint density at radius 3 is 2.77 bits per heavy atom. The van der Waals surface area contributed by atoms with Crippen LogP contribution < -0.4 is 4.90 Å². The summed E-state index contributed by atoms with van der Waals surface area (Å²) in [5.74, 6) is 0.781. The normalized spacial score (nSPS) is 22.2. The van der Waals surface area contributed by atoms with E-state index in [4.69, 9.17) is 14.7 Å². The molecule has 0 bridgehead atoms. The molecule has 2 fully saturated rings. The summed E-state index contributed by atoms with van der Waals surface area (Å²) in [4.78, 5) is 20.6. The molecule has 0 aliphatic carbocycles. The summed E-state index contributed by atoms with van der Waals surface area (Å²) in [6, 6.07) is 5.59. The molecular weight excluding hydrogens is 284 g/mol. The number of hydrogen-bond donors (Lipinski definition) is 0. The van der Waals surface area contributed by atoms with E-state index in [9.17, 15) is 4.79 Å². The van der Waals surface area contributed by atoms with Crippen molar-refractivity contribution < 1.29 is 14.3 Å². The van der Waals surface area contributed by atoms with Gasteiger partial charge in [0.15, 0.2) is 6.10 Å². The predicted octanol–water partition coefficient (Wildman–Crippen LogP) is 0.0173. The van der Waals surface area contributed by atoms with Crippen molar-refractivity contribution in [2.24, 2.45) is 0 Å². The molecule has 1 amide bonds. The highest BCUT2D eigenvalue weighted by Crippen LogP contribution is 2.17. The molecule has 0 N–H and O–H groups in total. The molecule has 3 heterocycles. The molecule has 116 valence electrons. The Bertz CT molecular complexity index is 563. The number of hydrogen-bond acceptors (Lipinski definition) is 6. The van der Waals surface area contributed by atoms with Crippen LogP contribution in [0.4, 0.5) is 5.82 Å². The lowest BCUT2D eigenvalue weighted by Crippen LogP contribution is -2.53. The van der Waals surface area contributed by atoms with Crippen molar-refractivity contribution in [1.29, 1.82) is 5.26 Å². The number of nitriles is 1. The maximum Gasteiger partial charge on any atom is 0.253 e. The minimum Gasteiger partial charge on any atom is -0.378 e. The Kier molecular flexibility index (Phi) is 4.51. The Hall–Kier alpha value is -2.17.